The second-order valence-corrected chi connectivity index (χ2v) is 5.79. The van der Waals surface area contributed by atoms with Crippen molar-refractivity contribution in [1.29, 1.82) is 0 Å². The van der Waals surface area contributed by atoms with Crippen LogP contribution in [-0.4, -0.2) is 49.6 Å². The van der Waals surface area contributed by atoms with Gasteiger partial charge in [0, 0.05) is 18.6 Å². The van der Waals surface area contributed by atoms with Gasteiger partial charge in [0.25, 0.3) is 0 Å². The normalized spacial score (nSPS) is 20.9. The highest BCUT2D eigenvalue weighted by atomic mass is 32.1. The molecule has 1 aliphatic rings. The summed E-state index contributed by atoms with van der Waals surface area (Å²) in [7, 11) is 4.43. The number of piperidine rings is 1. The topological polar surface area (TPSA) is 32.5 Å². The third-order valence-corrected chi connectivity index (χ3v) is 4.61. The molecule has 17 heavy (non-hydrogen) atoms. The lowest BCUT2D eigenvalue weighted by atomic mass is 10.00. The summed E-state index contributed by atoms with van der Waals surface area (Å²) in [6.07, 6.45) is 2.52. The predicted octanol–water partition coefficient (Wildman–Crippen LogP) is 1.77. The van der Waals surface area contributed by atoms with Gasteiger partial charge in [0.2, 0.25) is 0 Å². The van der Waals surface area contributed by atoms with Gasteiger partial charge in [-0.25, -0.2) is 0 Å². The van der Waals surface area contributed by atoms with E-state index < -0.39 is 0 Å². The van der Waals surface area contributed by atoms with E-state index in [0.29, 0.717) is 18.6 Å². The zero-order valence-electron chi connectivity index (χ0n) is 10.8. The summed E-state index contributed by atoms with van der Waals surface area (Å²) in [5.41, 5.74) is 7.33. The number of hydrogen-bond donors (Lipinski definition) is 1. The van der Waals surface area contributed by atoms with Gasteiger partial charge in [-0.05, 0) is 62.4 Å². The van der Waals surface area contributed by atoms with Gasteiger partial charge in [0.05, 0.1) is 0 Å². The molecule has 0 aliphatic carbocycles. The van der Waals surface area contributed by atoms with Gasteiger partial charge in [0.15, 0.2) is 0 Å². The first-order valence-corrected chi connectivity index (χ1v) is 7.29. The highest BCUT2D eigenvalue weighted by Crippen LogP contribution is 2.26. The molecular formula is C13H23N3S. The summed E-state index contributed by atoms with van der Waals surface area (Å²) < 4.78 is 0. The molecular weight excluding hydrogens is 230 g/mol. The van der Waals surface area contributed by atoms with E-state index in [1.54, 1.807) is 11.3 Å². The van der Waals surface area contributed by atoms with Crippen LogP contribution in [0.4, 0.5) is 0 Å². The Morgan fingerprint density at radius 3 is 2.76 bits per heavy atom. The number of hydrogen-bond acceptors (Lipinski definition) is 4. The van der Waals surface area contributed by atoms with Crippen molar-refractivity contribution in [1.82, 2.24) is 9.80 Å². The number of nitrogens with two attached hydrogens (primary N) is 1. The van der Waals surface area contributed by atoms with Gasteiger partial charge in [-0.2, -0.15) is 11.3 Å². The molecule has 4 heteroatoms. The Bertz CT molecular complexity index is 317. The second kappa shape index (κ2) is 5.96. The first kappa shape index (κ1) is 13.0. The molecule has 1 fully saturated rings. The lowest BCUT2D eigenvalue weighted by Gasteiger charge is -2.39. The molecule has 1 aromatic rings. The molecule has 0 aromatic carbocycles. The van der Waals surface area contributed by atoms with Crippen LogP contribution in [-0.2, 0) is 0 Å². The van der Waals surface area contributed by atoms with Gasteiger partial charge < -0.3 is 10.6 Å². The van der Waals surface area contributed by atoms with E-state index in [9.17, 15) is 0 Å². The Balaban J connectivity index is 2.00. The van der Waals surface area contributed by atoms with Crippen LogP contribution in [0, 0.1) is 0 Å². The van der Waals surface area contributed by atoms with E-state index in [1.165, 1.54) is 31.5 Å². The monoisotopic (exact) mass is 253 g/mol. The summed E-state index contributed by atoms with van der Waals surface area (Å²) >= 11 is 1.76. The average molecular weight is 253 g/mol. The van der Waals surface area contributed by atoms with E-state index in [-0.39, 0.29) is 0 Å². The van der Waals surface area contributed by atoms with Crippen LogP contribution < -0.4 is 5.73 Å². The van der Waals surface area contributed by atoms with E-state index in [2.05, 4.69) is 40.7 Å². The minimum atomic E-state index is 0.384. The first-order chi connectivity index (χ1) is 8.22. The lowest BCUT2D eigenvalue weighted by Crippen LogP contribution is -2.44. The van der Waals surface area contributed by atoms with E-state index in [0.717, 1.165) is 0 Å². The van der Waals surface area contributed by atoms with Crippen molar-refractivity contribution >= 4 is 11.3 Å². The molecule has 1 unspecified atom stereocenters. The largest absolute Gasteiger partial charge is 0.329 e. The van der Waals surface area contributed by atoms with Crippen molar-refractivity contribution in [3.8, 4) is 0 Å². The number of rotatable bonds is 4. The van der Waals surface area contributed by atoms with Gasteiger partial charge in [0.1, 0.15) is 0 Å². The van der Waals surface area contributed by atoms with Gasteiger partial charge >= 0.3 is 0 Å². The fourth-order valence-electron chi connectivity index (χ4n) is 2.66. The molecule has 1 atom stereocenters. The van der Waals surface area contributed by atoms with Gasteiger partial charge in [-0.3, -0.25) is 4.90 Å². The molecule has 3 nitrogen and oxygen atoms in total. The third kappa shape index (κ3) is 3.07. The molecule has 1 aromatic heterocycles. The predicted molar refractivity (Wildman–Crippen MR) is 74.4 cm³/mol. The summed E-state index contributed by atoms with van der Waals surface area (Å²) in [4.78, 5) is 4.89. The van der Waals surface area contributed by atoms with Gasteiger partial charge in [-0.1, -0.05) is 0 Å². The SMILES string of the molecule is CN1CCC(N(C)C(CN)c2ccsc2)CC1. The third-order valence-electron chi connectivity index (χ3n) is 3.91. The minimum Gasteiger partial charge on any atom is -0.329 e. The molecule has 0 spiro atoms. The first-order valence-electron chi connectivity index (χ1n) is 6.35. The molecule has 0 radical (unpaired) electrons. The van der Waals surface area contributed by atoms with E-state index in [1.807, 2.05) is 0 Å². The van der Waals surface area contributed by atoms with Crippen LogP contribution in [0.5, 0.6) is 0 Å². The summed E-state index contributed by atoms with van der Waals surface area (Å²) in [6, 6.07) is 3.27. The van der Waals surface area contributed by atoms with Crippen LogP contribution in [0.25, 0.3) is 0 Å². The number of nitrogens with zero attached hydrogens (tertiary/aromatic N) is 2. The van der Waals surface area contributed by atoms with Crippen molar-refractivity contribution in [2.45, 2.75) is 24.9 Å². The van der Waals surface area contributed by atoms with E-state index in [4.69, 9.17) is 5.73 Å². The minimum absolute atomic E-state index is 0.384. The Morgan fingerprint density at radius 1 is 1.53 bits per heavy atom. The van der Waals surface area contributed by atoms with Crippen molar-refractivity contribution in [2.75, 3.05) is 33.7 Å². The Hall–Kier alpha value is -0.420. The molecule has 2 rings (SSSR count). The Labute approximate surface area is 108 Å². The van der Waals surface area contributed by atoms with Crippen LogP contribution in [0.3, 0.4) is 0 Å². The average Bonchev–Trinajstić information content (AvgIpc) is 2.84. The number of thiophene rings is 1. The molecule has 96 valence electrons. The maximum atomic E-state index is 5.95. The Morgan fingerprint density at radius 2 is 2.24 bits per heavy atom. The van der Waals surface area contributed by atoms with Crippen molar-refractivity contribution in [2.24, 2.45) is 5.73 Å². The maximum Gasteiger partial charge on any atom is 0.0478 e. The lowest BCUT2D eigenvalue weighted by molar-refractivity contribution is 0.110. The molecule has 1 aliphatic heterocycles. The Kier molecular flexibility index (Phi) is 4.56. The van der Waals surface area contributed by atoms with Crippen molar-refractivity contribution < 1.29 is 0 Å². The smallest absolute Gasteiger partial charge is 0.0478 e. The fraction of sp³-hybridized carbons (Fsp3) is 0.692. The number of likely N-dealkylation sites (tertiary alicyclic amines) is 1. The van der Waals surface area contributed by atoms with Crippen LogP contribution in [0.15, 0.2) is 16.8 Å². The zero-order chi connectivity index (χ0) is 12.3. The van der Waals surface area contributed by atoms with E-state index >= 15 is 0 Å². The maximum absolute atomic E-state index is 5.95. The quantitative estimate of drug-likeness (QED) is 0.888. The zero-order valence-corrected chi connectivity index (χ0v) is 11.6. The van der Waals surface area contributed by atoms with Crippen molar-refractivity contribution in [3.05, 3.63) is 22.4 Å². The molecule has 0 amide bonds. The van der Waals surface area contributed by atoms with Crippen LogP contribution in [0.1, 0.15) is 24.4 Å². The highest BCUT2D eigenvalue weighted by Gasteiger charge is 2.26. The fourth-order valence-corrected chi connectivity index (χ4v) is 3.37. The standard InChI is InChI=1S/C13H23N3S/c1-15-6-3-12(4-7-15)16(2)13(9-14)11-5-8-17-10-11/h5,8,10,12-13H,3-4,6-7,9,14H2,1-2H3. The molecule has 1 saturated heterocycles. The summed E-state index contributed by atoms with van der Waals surface area (Å²) in [5, 5.41) is 4.36. The highest BCUT2D eigenvalue weighted by molar-refractivity contribution is 7.07. The number of likely N-dealkylation sites (N-methyl/N-ethyl adjacent to an activating group) is 1. The molecule has 2 N–H and O–H groups in total. The molecule has 0 bridgehead atoms. The second-order valence-electron chi connectivity index (χ2n) is 5.01. The van der Waals surface area contributed by atoms with Crippen molar-refractivity contribution in [3.63, 3.8) is 0 Å². The molecule has 0 saturated carbocycles. The van der Waals surface area contributed by atoms with Crippen LogP contribution in [0.2, 0.25) is 0 Å². The summed E-state index contributed by atoms with van der Waals surface area (Å²) in [6.45, 7) is 3.12. The van der Waals surface area contributed by atoms with Gasteiger partial charge in [-0.15, -0.1) is 0 Å². The van der Waals surface area contributed by atoms with Crippen LogP contribution >= 0.6 is 11.3 Å². The summed E-state index contributed by atoms with van der Waals surface area (Å²) in [5.74, 6) is 0. The molecule has 2 heterocycles.